The predicted octanol–water partition coefficient (Wildman–Crippen LogP) is 4.30. The fraction of sp³-hybridized carbons (Fsp3) is 0.625. The molecule has 2 atom stereocenters. The molecule has 1 aromatic carbocycles. The molecule has 1 aliphatic carbocycles. The molecule has 0 N–H and O–H groups in total. The Bertz CT molecular complexity index is 915. The van der Waals surface area contributed by atoms with Gasteiger partial charge in [-0.3, -0.25) is 9.59 Å². The van der Waals surface area contributed by atoms with Crippen LogP contribution in [0, 0.1) is 5.92 Å². The lowest BCUT2D eigenvalue weighted by Crippen LogP contribution is -2.59. The van der Waals surface area contributed by atoms with Crippen molar-refractivity contribution in [2.75, 3.05) is 27.1 Å². The van der Waals surface area contributed by atoms with Crippen LogP contribution < -0.4 is 0 Å². The minimum atomic E-state index is -1.07. The van der Waals surface area contributed by atoms with Crippen molar-refractivity contribution >= 4 is 41.0 Å². The number of piperidine rings is 1. The molecule has 2 fully saturated rings. The van der Waals surface area contributed by atoms with Crippen molar-refractivity contribution in [3.8, 4) is 0 Å². The molecule has 1 aliphatic heterocycles. The van der Waals surface area contributed by atoms with Crippen LogP contribution in [0.2, 0.25) is 10.0 Å². The first-order valence-electron chi connectivity index (χ1n) is 11.4. The number of amides is 2. The lowest BCUT2D eigenvalue weighted by atomic mass is 9.86. The number of carbonyl (C=O) groups excluding carboxylic acids is 3. The lowest BCUT2D eigenvalue weighted by molar-refractivity contribution is -0.151. The minimum Gasteiger partial charge on any atom is -0.444 e. The topological polar surface area (TPSA) is 85.4 Å². The number of hydrogen-bond acceptors (Lipinski definition) is 6. The smallest absolute Gasteiger partial charge is 0.410 e. The average Bonchev–Trinajstić information content (AvgIpc) is 3.58. The maximum Gasteiger partial charge on any atom is 0.410 e. The van der Waals surface area contributed by atoms with Crippen molar-refractivity contribution in [3.63, 3.8) is 0 Å². The summed E-state index contributed by atoms with van der Waals surface area (Å²) >= 11 is 12.5. The summed E-state index contributed by atoms with van der Waals surface area (Å²) in [4.78, 5) is 43.0. The van der Waals surface area contributed by atoms with Crippen molar-refractivity contribution in [2.45, 2.75) is 64.3 Å². The summed E-state index contributed by atoms with van der Waals surface area (Å²) in [7, 11) is 1.48. The molecule has 0 bridgehead atoms. The van der Waals surface area contributed by atoms with Crippen molar-refractivity contribution in [3.05, 3.63) is 33.8 Å². The van der Waals surface area contributed by atoms with E-state index in [1.165, 1.54) is 12.0 Å². The third kappa shape index (κ3) is 6.62. The number of hydrogen-bond donors (Lipinski definition) is 0. The van der Waals surface area contributed by atoms with Gasteiger partial charge in [-0.1, -0.05) is 35.3 Å². The number of ether oxygens (including phenoxy) is 3. The van der Waals surface area contributed by atoms with Gasteiger partial charge in [-0.05, 0) is 45.2 Å². The highest BCUT2D eigenvalue weighted by Gasteiger charge is 2.48. The van der Waals surface area contributed by atoms with Gasteiger partial charge in [0.05, 0.1) is 22.7 Å². The van der Waals surface area contributed by atoms with Crippen LogP contribution in [0.15, 0.2) is 18.2 Å². The molecular formula is C24H32Cl2N2O6. The number of ketones is 1. The van der Waals surface area contributed by atoms with Crippen LogP contribution in [-0.2, 0) is 30.3 Å². The molecular weight excluding hydrogens is 483 g/mol. The van der Waals surface area contributed by atoms with Crippen LogP contribution in [-0.4, -0.2) is 72.3 Å². The maximum atomic E-state index is 13.9. The Morgan fingerprint density at radius 3 is 2.53 bits per heavy atom. The number of Topliss-reactive ketones (excluding diaryl/α,β-unsaturated/α-hetero) is 1. The van der Waals surface area contributed by atoms with E-state index in [9.17, 15) is 14.4 Å². The number of halogens is 2. The first-order chi connectivity index (χ1) is 16.0. The van der Waals surface area contributed by atoms with Crippen LogP contribution in [0.3, 0.4) is 0 Å². The first-order valence-corrected chi connectivity index (χ1v) is 12.1. The van der Waals surface area contributed by atoms with Gasteiger partial charge < -0.3 is 24.0 Å². The molecule has 3 rings (SSSR count). The van der Waals surface area contributed by atoms with Gasteiger partial charge in [0.25, 0.3) is 0 Å². The number of nitrogens with zero attached hydrogens (tertiary/aromatic N) is 2. The summed E-state index contributed by atoms with van der Waals surface area (Å²) in [6, 6.07) is 4.47. The minimum absolute atomic E-state index is 0.00722. The Morgan fingerprint density at radius 1 is 1.21 bits per heavy atom. The van der Waals surface area contributed by atoms with Gasteiger partial charge in [0, 0.05) is 32.7 Å². The SMILES string of the molecule is COCOCC1C(C(=O)N(Cc2cccc(Cl)c2Cl)C2CC2)C(=O)CCN1C(=O)OC(C)(C)C. The predicted molar refractivity (Wildman–Crippen MR) is 128 cm³/mol. The number of benzene rings is 1. The quantitative estimate of drug-likeness (QED) is 0.292. The zero-order valence-electron chi connectivity index (χ0n) is 20.0. The summed E-state index contributed by atoms with van der Waals surface area (Å²) in [6.45, 7) is 5.62. The van der Waals surface area contributed by atoms with Gasteiger partial charge in [-0.25, -0.2) is 4.79 Å². The molecule has 0 spiro atoms. The number of likely N-dealkylation sites (tertiary alicyclic amines) is 1. The lowest BCUT2D eigenvalue weighted by Gasteiger charge is -2.41. The first kappa shape index (κ1) is 26.7. The second-order valence-corrected chi connectivity index (χ2v) is 10.4. The average molecular weight is 515 g/mol. The largest absolute Gasteiger partial charge is 0.444 e. The van der Waals surface area contributed by atoms with E-state index in [0.717, 1.165) is 12.8 Å². The summed E-state index contributed by atoms with van der Waals surface area (Å²) in [6.07, 6.45) is 1.16. The highest BCUT2D eigenvalue weighted by Crippen LogP contribution is 2.35. The van der Waals surface area contributed by atoms with E-state index in [1.807, 2.05) is 6.07 Å². The molecule has 8 nitrogen and oxygen atoms in total. The normalized spacial score (nSPS) is 20.9. The molecule has 2 unspecified atom stereocenters. The molecule has 1 saturated carbocycles. The highest BCUT2D eigenvalue weighted by atomic mass is 35.5. The van der Waals surface area contributed by atoms with E-state index >= 15 is 0 Å². The fourth-order valence-corrected chi connectivity index (χ4v) is 4.42. The molecule has 2 aliphatic rings. The summed E-state index contributed by atoms with van der Waals surface area (Å²) in [5.41, 5.74) is -0.0202. The van der Waals surface area contributed by atoms with Gasteiger partial charge in [0.2, 0.25) is 5.91 Å². The van der Waals surface area contributed by atoms with E-state index in [-0.39, 0.29) is 50.6 Å². The molecule has 34 heavy (non-hydrogen) atoms. The van der Waals surface area contributed by atoms with E-state index in [1.54, 1.807) is 37.8 Å². The standard InChI is InChI=1S/C24H32Cl2N2O6/c1-24(2,3)34-23(31)27-11-10-19(29)20(18(27)13-33-14-32-4)22(30)28(16-8-9-16)12-15-6-5-7-17(25)21(15)26/h5-7,16,18,20H,8-14H2,1-4H3. The number of rotatable bonds is 8. The van der Waals surface area contributed by atoms with E-state index in [2.05, 4.69) is 0 Å². The summed E-state index contributed by atoms with van der Waals surface area (Å²) < 4.78 is 16.1. The highest BCUT2D eigenvalue weighted by molar-refractivity contribution is 6.42. The monoisotopic (exact) mass is 514 g/mol. The molecule has 1 heterocycles. The van der Waals surface area contributed by atoms with Crippen LogP contribution in [0.1, 0.15) is 45.6 Å². The molecule has 1 aromatic rings. The Morgan fingerprint density at radius 2 is 1.91 bits per heavy atom. The van der Waals surface area contributed by atoms with Gasteiger partial charge >= 0.3 is 6.09 Å². The van der Waals surface area contributed by atoms with Gasteiger partial charge in [0.1, 0.15) is 24.1 Å². The fourth-order valence-electron chi connectivity index (χ4n) is 4.04. The molecule has 188 valence electrons. The maximum absolute atomic E-state index is 13.9. The Balaban J connectivity index is 1.89. The third-order valence-corrected chi connectivity index (χ3v) is 6.62. The second kappa shape index (κ2) is 11.2. The second-order valence-electron chi connectivity index (χ2n) is 9.62. The van der Waals surface area contributed by atoms with Crippen molar-refractivity contribution in [1.82, 2.24) is 9.80 Å². The Labute approximate surface area is 210 Å². The van der Waals surface area contributed by atoms with Crippen molar-refractivity contribution in [1.29, 1.82) is 0 Å². The van der Waals surface area contributed by atoms with Crippen LogP contribution >= 0.6 is 23.2 Å². The van der Waals surface area contributed by atoms with E-state index in [4.69, 9.17) is 37.4 Å². The van der Waals surface area contributed by atoms with Gasteiger partial charge in [-0.15, -0.1) is 0 Å². The molecule has 10 heteroatoms. The summed E-state index contributed by atoms with van der Waals surface area (Å²) in [5, 5.41) is 0.783. The van der Waals surface area contributed by atoms with E-state index < -0.39 is 23.7 Å². The number of carbonyl (C=O) groups is 3. The number of methoxy groups -OCH3 is 1. The zero-order valence-corrected chi connectivity index (χ0v) is 21.5. The molecule has 1 saturated heterocycles. The summed E-state index contributed by atoms with van der Waals surface area (Å²) in [5.74, 6) is -1.64. The van der Waals surface area contributed by atoms with Gasteiger partial charge in [0.15, 0.2) is 0 Å². The van der Waals surface area contributed by atoms with Crippen LogP contribution in [0.25, 0.3) is 0 Å². The Hall–Kier alpha value is -1.87. The zero-order chi connectivity index (χ0) is 25.0. The van der Waals surface area contributed by atoms with Crippen molar-refractivity contribution < 1.29 is 28.6 Å². The van der Waals surface area contributed by atoms with Crippen LogP contribution in [0.4, 0.5) is 4.79 Å². The molecule has 0 aromatic heterocycles. The van der Waals surface area contributed by atoms with Crippen molar-refractivity contribution in [2.24, 2.45) is 5.92 Å². The Kier molecular flexibility index (Phi) is 8.84. The molecule has 2 amide bonds. The third-order valence-electron chi connectivity index (χ3n) is 5.76. The molecule has 0 radical (unpaired) electrons. The van der Waals surface area contributed by atoms with Gasteiger partial charge in [-0.2, -0.15) is 0 Å². The van der Waals surface area contributed by atoms with E-state index in [0.29, 0.717) is 15.6 Å². The van der Waals surface area contributed by atoms with Crippen LogP contribution in [0.5, 0.6) is 0 Å².